The number of hydrogen-bond acceptors (Lipinski definition) is 4. The van der Waals surface area contributed by atoms with Crippen molar-refractivity contribution in [1.29, 1.82) is 0 Å². The predicted octanol–water partition coefficient (Wildman–Crippen LogP) is 5.17. The molecule has 0 saturated carbocycles. The van der Waals surface area contributed by atoms with Gasteiger partial charge in [0.1, 0.15) is 0 Å². The number of ether oxygens (including phenoxy) is 2. The van der Waals surface area contributed by atoms with Gasteiger partial charge in [-0.05, 0) is 49.9 Å². The van der Waals surface area contributed by atoms with Gasteiger partial charge in [-0.15, -0.1) is 0 Å². The second-order valence-electron chi connectivity index (χ2n) is 8.01. The Kier molecular flexibility index (Phi) is 8.91. The van der Waals surface area contributed by atoms with E-state index in [9.17, 15) is 4.79 Å². The summed E-state index contributed by atoms with van der Waals surface area (Å²) in [6.07, 6.45) is 6.88. The molecule has 2 aromatic rings. The van der Waals surface area contributed by atoms with Gasteiger partial charge in [-0.1, -0.05) is 80.4 Å². The number of hydrogen-bond donors (Lipinski definition) is 0. The zero-order valence-corrected chi connectivity index (χ0v) is 18.2. The number of rotatable bonds is 10. The third-order valence-corrected chi connectivity index (χ3v) is 5.72. The maximum Gasteiger partial charge on any atom is 0.347 e. The molecule has 30 heavy (non-hydrogen) atoms. The average Bonchev–Trinajstić information content (AvgIpc) is 3.07. The molecule has 2 aromatic carbocycles. The molecule has 0 radical (unpaired) electrons. The van der Waals surface area contributed by atoms with E-state index in [0.717, 1.165) is 43.6 Å². The van der Waals surface area contributed by atoms with Crippen LogP contribution in [0.3, 0.4) is 0 Å². The summed E-state index contributed by atoms with van der Waals surface area (Å²) >= 11 is 0. The highest BCUT2D eigenvalue weighted by molar-refractivity contribution is 5.85. The minimum atomic E-state index is -1.23. The molecule has 0 spiro atoms. The van der Waals surface area contributed by atoms with Gasteiger partial charge < -0.3 is 14.4 Å². The van der Waals surface area contributed by atoms with Crippen LogP contribution in [0.4, 0.5) is 0 Å². The number of nitrogens with zero attached hydrogens (tertiary/aromatic N) is 1. The molecule has 0 atom stereocenters. The van der Waals surface area contributed by atoms with Crippen LogP contribution in [0.25, 0.3) is 0 Å². The predicted molar refractivity (Wildman–Crippen MR) is 120 cm³/mol. The zero-order valence-electron chi connectivity index (χ0n) is 18.2. The molecule has 1 heterocycles. The molecule has 0 aromatic heterocycles. The lowest BCUT2D eigenvalue weighted by Gasteiger charge is -2.32. The fraction of sp³-hybridized carbons (Fsp3) is 0.500. The van der Waals surface area contributed by atoms with Gasteiger partial charge in [0.05, 0.1) is 6.61 Å². The van der Waals surface area contributed by atoms with E-state index in [1.54, 1.807) is 0 Å². The third-order valence-electron chi connectivity index (χ3n) is 5.72. The van der Waals surface area contributed by atoms with Gasteiger partial charge in [-0.3, -0.25) is 0 Å². The van der Waals surface area contributed by atoms with Crippen LogP contribution in [0.2, 0.25) is 0 Å². The van der Waals surface area contributed by atoms with Gasteiger partial charge in [-0.25, -0.2) is 4.79 Å². The van der Waals surface area contributed by atoms with Crippen LogP contribution in [0.15, 0.2) is 60.7 Å². The van der Waals surface area contributed by atoms with E-state index in [-0.39, 0.29) is 5.97 Å². The van der Waals surface area contributed by atoms with E-state index in [0.29, 0.717) is 13.2 Å². The minimum Gasteiger partial charge on any atom is -0.463 e. The summed E-state index contributed by atoms with van der Waals surface area (Å²) in [6, 6.07) is 19.4. The summed E-state index contributed by atoms with van der Waals surface area (Å²) in [5.74, 6) is -0.329. The molecular weight excluding hydrogens is 374 g/mol. The second-order valence-corrected chi connectivity index (χ2v) is 8.01. The van der Waals surface area contributed by atoms with Crippen LogP contribution in [0.5, 0.6) is 0 Å². The summed E-state index contributed by atoms with van der Waals surface area (Å²) in [4.78, 5) is 16.0. The molecule has 4 nitrogen and oxygen atoms in total. The molecule has 0 unspecified atom stereocenters. The van der Waals surface area contributed by atoms with E-state index in [2.05, 4.69) is 4.90 Å². The van der Waals surface area contributed by atoms with Crippen molar-refractivity contribution in [3.8, 4) is 0 Å². The zero-order chi connectivity index (χ0) is 21.1. The Morgan fingerprint density at radius 1 is 0.867 bits per heavy atom. The van der Waals surface area contributed by atoms with Crippen LogP contribution in [-0.4, -0.2) is 43.7 Å². The molecule has 1 fully saturated rings. The molecule has 0 amide bonds. The van der Waals surface area contributed by atoms with E-state index in [4.69, 9.17) is 9.47 Å². The number of esters is 1. The maximum absolute atomic E-state index is 13.5. The first kappa shape index (κ1) is 22.5. The summed E-state index contributed by atoms with van der Waals surface area (Å²) < 4.78 is 12.1. The van der Waals surface area contributed by atoms with Crippen molar-refractivity contribution in [3.63, 3.8) is 0 Å². The van der Waals surface area contributed by atoms with Crippen molar-refractivity contribution in [3.05, 3.63) is 71.8 Å². The Bertz CT molecular complexity index is 700. The number of likely N-dealkylation sites (tertiary alicyclic amines) is 1. The Hall–Kier alpha value is -2.17. The van der Waals surface area contributed by atoms with Crippen molar-refractivity contribution < 1.29 is 14.3 Å². The minimum absolute atomic E-state index is 0.329. The molecule has 3 rings (SSSR count). The fourth-order valence-corrected chi connectivity index (χ4v) is 4.14. The van der Waals surface area contributed by atoms with Crippen LogP contribution in [0, 0.1) is 0 Å². The van der Waals surface area contributed by atoms with E-state index in [1.165, 1.54) is 25.7 Å². The molecule has 1 aliphatic rings. The quantitative estimate of drug-likeness (QED) is 0.401. The van der Waals surface area contributed by atoms with Crippen LogP contribution >= 0.6 is 0 Å². The van der Waals surface area contributed by atoms with Gasteiger partial charge in [0.15, 0.2) is 0 Å². The first-order chi connectivity index (χ1) is 14.8. The molecule has 0 bridgehead atoms. The molecule has 0 N–H and O–H groups in total. The van der Waals surface area contributed by atoms with E-state index < -0.39 is 5.60 Å². The molecule has 162 valence electrons. The van der Waals surface area contributed by atoms with E-state index >= 15 is 0 Å². The van der Waals surface area contributed by atoms with Crippen LogP contribution < -0.4 is 0 Å². The Labute approximate surface area is 181 Å². The lowest BCUT2D eigenvalue weighted by molar-refractivity contribution is -0.169. The average molecular weight is 410 g/mol. The van der Waals surface area contributed by atoms with E-state index in [1.807, 2.05) is 67.6 Å². The van der Waals surface area contributed by atoms with Gasteiger partial charge in [0, 0.05) is 13.2 Å². The van der Waals surface area contributed by atoms with Gasteiger partial charge >= 0.3 is 5.97 Å². The van der Waals surface area contributed by atoms with Crippen LogP contribution in [0.1, 0.15) is 56.6 Å². The van der Waals surface area contributed by atoms with Gasteiger partial charge in [0.2, 0.25) is 5.60 Å². The van der Waals surface area contributed by atoms with Crippen molar-refractivity contribution in [2.75, 3.05) is 32.8 Å². The molecule has 4 heteroatoms. The van der Waals surface area contributed by atoms with Crippen molar-refractivity contribution in [2.24, 2.45) is 0 Å². The normalized spacial score (nSPS) is 15.5. The smallest absolute Gasteiger partial charge is 0.347 e. The standard InChI is InChI=1S/C26H35NO3/c1-2-21-30-26(23-14-7-5-8-15-23,24-16-9-6-10-17-24)25(28)29-22-13-20-27-18-11-3-4-12-19-27/h5-10,14-17H,2-4,11-13,18-22H2,1H3. The topological polar surface area (TPSA) is 38.8 Å². The summed E-state index contributed by atoms with van der Waals surface area (Å²) in [6.45, 7) is 6.23. The monoisotopic (exact) mass is 409 g/mol. The highest BCUT2D eigenvalue weighted by Gasteiger charge is 2.44. The SMILES string of the molecule is CCCOC(C(=O)OCCCN1CCCCCC1)(c1ccccc1)c1ccccc1. The summed E-state index contributed by atoms with van der Waals surface area (Å²) in [5, 5.41) is 0. The Balaban J connectivity index is 1.74. The largest absolute Gasteiger partial charge is 0.463 e. The number of carbonyl (C=O) groups excluding carboxylic acids is 1. The van der Waals surface area contributed by atoms with Crippen molar-refractivity contribution in [1.82, 2.24) is 4.90 Å². The number of carbonyl (C=O) groups is 1. The van der Waals surface area contributed by atoms with Crippen molar-refractivity contribution >= 4 is 5.97 Å². The Morgan fingerprint density at radius 2 is 1.43 bits per heavy atom. The Morgan fingerprint density at radius 3 is 1.97 bits per heavy atom. The first-order valence-electron chi connectivity index (χ1n) is 11.4. The fourth-order valence-electron chi connectivity index (χ4n) is 4.14. The molecule has 1 saturated heterocycles. The first-order valence-corrected chi connectivity index (χ1v) is 11.4. The van der Waals surface area contributed by atoms with Gasteiger partial charge in [0.25, 0.3) is 0 Å². The molecule has 0 aliphatic carbocycles. The summed E-state index contributed by atoms with van der Waals surface area (Å²) in [7, 11) is 0. The second kappa shape index (κ2) is 11.9. The summed E-state index contributed by atoms with van der Waals surface area (Å²) in [5.41, 5.74) is 0.380. The van der Waals surface area contributed by atoms with Crippen LogP contribution in [-0.2, 0) is 19.9 Å². The maximum atomic E-state index is 13.5. The number of benzene rings is 2. The lowest BCUT2D eigenvalue weighted by atomic mass is 9.86. The van der Waals surface area contributed by atoms with Crippen molar-refractivity contribution in [2.45, 2.75) is 51.0 Å². The molecule has 1 aliphatic heterocycles. The lowest BCUT2D eigenvalue weighted by Crippen LogP contribution is -2.42. The van der Waals surface area contributed by atoms with Gasteiger partial charge in [-0.2, -0.15) is 0 Å². The molecular formula is C26H35NO3. The highest BCUT2D eigenvalue weighted by atomic mass is 16.6. The highest BCUT2D eigenvalue weighted by Crippen LogP contribution is 2.35. The third kappa shape index (κ3) is 5.71.